The molecule has 2 nitrogen and oxygen atoms in total. The molecule has 0 spiro atoms. The van der Waals surface area contributed by atoms with Crippen LogP contribution < -0.4 is 0 Å². The van der Waals surface area contributed by atoms with Gasteiger partial charge in [0.05, 0.1) is 12.2 Å². The van der Waals surface area contributed by atoms with Gasteiger partial charge in [-0.25, -0.2) is 0 Å². The van der Waals surface area contributed by atoms with Gasteiger partial charge in [-0.15, -0.1) is 0 Å². The normalized spacial score (nSPS) is 17.1. The van der Waals surface area contributed by atoms with Crippen LogP contribution in [0.25, 0.3) is 0 Å². The van der Waals surface area contributed by atoms with Gasteiger partial charge in [0.2, 0.25) is 0 Å². The van der Waals surface area contributed by atoms with Crippen LogP contribution in [0, 0.1) is 0 Å². The number of aliphatic hydroxyl groups excluding tert-OH is 2. The molecule has 0 heterocycles. The van der Waals surface area contributed by atoms with Crippen LogP contribution in [0.15, 0.2) is 12.2 Å². The van der Waals surface area contributed by atoms with E-state index in [1.54, 1.807) is 19.1 Å². The zero-order chi connectivity index (χ0) is 8.69. The standard InChI is InChI=1S/C9H18O2/c1-3-4-5-9(11)7-6-8(2)10/h6-11H,3-5H2,1-2H3/b7-6+. The third-order valence-corrected chi connectivity index (χ3v) is 1.47. The summed E-state index contributed by atoms with van der Waals surface area (Å²) in [5.41, 5.74) is 0. The monoisotopic (exact) mass is 158 g/mol. The van der Waals surface area contributed by atoms with Crippen LogP contribution in [0.1, 0.15) is 33.1 Å². The van der Waals surface area contributed by atoms with Gasteiger partial charge >= 0.3 is 0 Å². The average molecular weight is 158 g/mol. The fourth-order valence-electron chi connectivity index (χ4n) is 0.799. The van der Waals surface area contributed by atoms with Crippen molar-refractivity contribution in [3.8, 4) is 0 Å². The van der Waals surface area contributed by atoms with E-state index in [4.69, 9.17) is 5.11 Å². The van der Waals surface area contributed by atoms with E-state index >= 15 is 0 Å². The van der Waals surface area contributed by atoms with Crippen LogP contribution in [0.2, 0.25) is 0 Å². The SMILES string of the molecule is CCCCC(O)/C=C/C(C)O. The van der Waals surface area contributed by atoms with Gasteiger partial charge in [-0.2, -0.15) is 0 Å². The summed E-state index contributed by atoms with van der Waals surface area (Å²) in [7, 11) is 0. The molecule has 66 valence electrons. The average Bonchev–Trinajstić information content (AvgIpc) is 1.97. The van der Waals surface area contributed by atoms with Gasteiger partial charge < -0.3 is 10.2 Å². The van der Waals surface area contributed by atoms with Crippen LogP contribution in [-0.4, -0.2) is 22.4 Å². The number of hydrogen-bond donors (Lipinski definition) is 2. The van der Waals surface area contributed by atoms with E-state index in [0.29, 0.717) is 0 Å². The zero-order valence-corrected chi connectivity index (χ0v) is 7.33. The minimum atomic E-state index is -0.453. The molecule has 0 aromatic heterocycles. The second kappa shape index (κ2) is 6.38. The smallest absolute Gasteiger partial charge is 0.0721 e. The summed E-state index contributed by atoms with van der Waals surface area (Å²) >= 11 is 0. The molecule has 0 bridgehead atoms. The molecular formula is C9H18O2. The molecule has 0 aliphatic carbocycles. The molecule has 2 heteroatoms. The van der Waals surface area contributed by atoms with Gasteiger partial charge in [0, 0.05) is 0 Å². The van der Waals surface area contributed by atoms with Crippen LogP contribution in [0.5, 0.6) is 0 Å². The van der Waals surface area contributed by atoms with Crippen LogP contribution in [0.4, 0.5) is 0 Å². The molecule has 2 N–H and O–H groups in total. The van der Waals surface area contributed by atoms with E-state index in [-0.39, 0.29) is 6.10 Å². The van der Waals surface area contributed by atoms with Crippen molar-refractivity contribution in [2.45, 2.75) is 45.3 Å². The molecule has 0 amide bonds. The molecule has 2 unspecified atom stereocenters. The van der Waals surface area contributed by atoms with Gasteiger partial charge in [-0.05, 0) is 13.3 Å². The van der Waals surface area contributed by atoms with E-state index in [1.165, 1.54) is 0 Å². The number of aliphatic hydroxyl groups is 2. The van der Waals surface area contributed by atoms with Crippen molar-refractivity contribution in [1.82, 2.24) is 0 Å². The van der Waals surface area contributed by atoms with Crippen molar-refractivity contribution in [2.24, 2.45) is 0 Å². The van der Waals surface area contributed by atoms with Crippen molar-refractivity contribution in [1.29, 1.82) is 0 Å². The highest BCUT2D eigenvalue weighted by Crippen LogP contribution is 2.01. The van der Waals surface area contributed by atoms with E-state index in [0.717, 1.165) is 19.3 Å². The predicted octanol–water partition coefficient (Wildman–Crippen LogP) is 1.47. The quantitative estimate of drug-likeness (QED) is 0.595. The first kappa shape index (κ1) is 10.7. The van der Waals surface area contributed by atoms with E-state index in [1.807, 2.05) is 0 Å². The van der Waals surface area contributed by atoms with Gasteiger partial charge in [-0.3, -0.25) is 0 Å². The largest absolute Gasteiger partial charge is 0.389 e. The lowest BCUT2D eigenvalue weighted by Gasteiger charge is -2.03. The number of hydrogen-bond acceptors (Lipinski definition) is 2. The summed E-state index contributed by atoms with van der Waals surface area (Å²) in [4.78, 5) is 0. The maximum Gasteiger partial charge on any atom is 0.0721 e. The summed E-state index contributed by atoms with van der Waals surface area (Å²) < 4.78 is 0. The molecule has 0 aromatic rings. The minimum absolute atomic E-state index is 0.385. The minimum Gasteiger partial charge on any atom is -0.389 e. The van der Waals surface area contributed by atoms with Crippen molar-refractivity contribution < 1.29 is 10.2 Å². The fourth-order valence-corrected chi connectivity index (χ4v) is 0.799. The maximum atomic E-state index is 9.23. The molecule has 0 aliphatic rings. The summed E-state index contributed by atoms with van der Waals surface area (Å²) in [6.07, 6.45) is 5.35. The Bertz CT molecular complexity index is 108. The summed E-state index contributed by atoms with van der Waals surface area (Å²) in [6.45, 7) is 3.76. The van der Waals surface area contributed by atoms with E-state index < -0.39 is 6.10 Å². The molecule has 0 radical (unpaired) electrons. The van der Waals surface area contributed by atoms with Crippen molar-refractivity contribution >= 4 is 0 Å². The van der Waals surface area contributed by atoms with Crippen molar-refractivity contribution in [3.05, 3.63) is 12.2 Å². The summed E-state index contributed by atoms with van der Waals surface area (Å²) in [5.74, 6) is 0. The summed E-state index contributed by atoms with van der Waals surface area (Å²) in [5, 5.41) is 18.1. The number of rotatable bonds is 5. The Hall–Kier alpha value is -0.340. The Labute approximate surface area is 68.6 Å². The van der Waals surface area contributed by atoms with Crippen molar-refractivity contribution in [3.63, 3.8) is 0 Å². The highest BCUT2D eigenvalue weighted by Gasteiger charge is 1.97. The zero-order valence-electron chi connectivity index (χ0n) is 7.33. The predicted molar refractivity (Wildman–Crippen MR) is 46.4 cm³/mol. The first-order valence-electron chi connectivity index (χ1n) is 4.21. The Morgan fingerprint density at radius 3 is 2.36 bits per heavy atom. The fraction of sp³-hybridized carbons (Fsp3) is 0.778. The van der Waals surface area contributed by atoms with Crippen LogP contribution in [0.3, 0.4) is 0 Å². The maximum absolute atomic E-state index is 9.23. The molecular weight excluding hydrogens is 140 g/mol. The van der Waals surface area contributed by atoms with Gasteiger partial charge in [0.1, 0.15) is 0 Å². The molecule has 0 saturated heterocycles. The van der Waals surface area contributed by atoms with Crippen LogP contribution >= 0.6 is 0 Å². The molecule has 0 aliphatic heterocycles. The van der Waals surface area contributed by atoms with E-state index in [2.05, 4.69) is 6.92 Å². The van der Waals surface area contributed by atoms with Crippen LogP contribution in [-0.2, 0) is 0 Å². The molecule has 2 atom stereocenters. The third-order valence-electron chi connectivity index (χ3n) is 1.47. The van der Waals surface area contributed by atoms with E-state index in [9.17, 15) is 5.11 Å². The molecule has 0 saturated carbocycles. The summed E-state index contributed by atoms with van der Waals surface area (Å²) in [6, 6.07) is 0. The Kier molecular flexibility index (Phi) is 6.18. The lowest BCUT2D eigenvalue weighted by molar-refractivity contribution is 0.203. The molecule has 11 heavy (non-hydrogen) atoms. The lowest BCUT2D eigenvalue weighted by Crippen LogP contribution is -2.03. The van der Waals surface area contributed by atoms with Gasteiger partial charge in [0.15, 0.2) is 0 Å². The Balaban J connectivity index is 3.42. The highest BCUT2D eigenvalue weighted by molar-refractivity contribution is 4.91. The molecule has 0 aromatic carbocycles. The second-order valence-corrected chi connectivity index (χ2v) is 2.84. The highest BCUT2D eigenvalue weighted by atomic mass is 16.3. The number of unbranched alkanes of at least 4 members (excludes halogenated alkanes) is 1. The molecule has 0 rings (SSSR count). The Morgan fingerprint density at radius 1 is 1.27 bits per heavy atom. The third kappa shape index (κ3) is 7.56. The second-order valence-electron chi connectivity index (χ2n) is 2.84. The topological polar surface area (TPSA) is 40.5 Å². The first-order valence-corrected chi connectivity index (χ1v) is 4.21. The lowest BCUT2D eigenvalue weighted by atomic mass is 10.1. The first-order chi connectivity index (χ1) is 5.16. The Morgan fingerprint density at radius 2 is 1.91 bits per heavy atom. The van der Waals surface area contributed by atoms with Gasteiger partial charge in [0.25, 0.3) is 0 Å². The van der Waals surface area contributed by atoms with Crippen molar-refractivity contribution in [2.75, 3.05) is 0 Å². The molecule has 0 fully saturated rings. The van der Waals surface area contributed by atoms with Gasteiger partial charge in [-0.1, -0.05) is 31.9 Å².